The van der Waals surface area contributed by atoms with Crippen LogP contribution in [0, 0.1) is 6.92 Å². The van der Waals surface area contributed by atoms with E-state index in [1.165, 1.54) is 0 Å². The van der Waals surface area contributed by atoms with Crippen LogP contribution in [0.25, 0.3) is 0 Å². The van der Waals surface area contributed by atoms with Crippen molar-refractivity contribution in [2.24, 2.45) is 9.39 Å². The summed E-state index contributed by atoms with van der Waals surface area (Å²) in [7, 11) is -3.84. The van der Waals surface area contributed by atoms with Gasteiger partial charge >= 0.3 is 0 Å². The number of rotatable bonds is 3. The van der Waals surface area contributed by atoms with E-state index < -0.39 is 10.0 Å². The minimum atomic E-state index is -3.84. The molecule has 4 rings (SSSR count). The van der Waals surface area contributed by atoms with Crippen LogP contribution < -0.4 is 0 Å². The molecule has 1 heterocycles. The Hall–Kier alpha value is -3.05. The Balaban J connectivity index is 1.88. The van der Waals surface area contributed by atoms with Crippen LogP contribution in [0.2, 0.25) is 0 Å². The summed E-state index contributed by atoms with van der Waals surface area (Å²) in [5.41, 5.74) is 4.23. The quantitative estimate of drug-likeness (QED) is 0.699. The summed E-state index contributed by atoms with van der Waals surface area (Å²) in [5.74, 6) is 0. The first-order valence-electron chi connectivity index (χ1n) is 8.20. The predicted octanol–water partition coefficient (Wildman–Crippen LogP) is 4.31. The zero-order chi connectivity index (χ0) is 18.1. The highest BCUT2D eigenvalue weighted by molar-refractivity contribution is 7.90. The van der Waals surface area contributed by atoms with Crippen LogP contribution in [0.5, 0.6) is 0 Å². The smallest absolute Gasteiger partial charge is 0.245 e. The van der Waals surface area contributed by atoms with Crippen LogP contribution in [0.15, 0.2) is 93.1 Å². The van der Waals surface area contributed by atoms with E-state index in [4.69, 9.17) is 0 Å². The highest BCUT2D eigenvalue weighted by Crippen LogP contribution is 2.30. The van der Waals surface area contributed by atoms with Crippen LogP contribution >= 0.6 is 0 Å². The highest BCUT2D eigenvalue weighted by Gasteiger charge is 2.26. The topological polar surface area (TPSA) is 58.9 Å². The summed E-state index contributed by atoms with van der Waals surface area (Å²) < 4.78 is 29.9. The Morgan fingerprint density at radius 1 is 0.808 bits per heavy atom. The van der Waals surface area contributed by atoms with E-state index >= 15 is 0 Å². The number of nitrogens with zero attached hydrogens (tertiary/aromatic N) is 2. The Morgan fingerprint density at radius 3 is 2.19 bits per heavy atom. The van der Waals surface area contributed by atoms with Crippen molar-refractivity contribution in [3.63, 3.8) is 0 Å². The van der Waals surface area contributed by atoms with E-state index in [2.05, 4.69) is 9.39 Å². The number of hydrogen-bond donors (Lipinski definition) is 0. The molecule has 1 aliphatic heterocycles. The first kappa shape index (κ1) is 16.4. The predicted molar refractivity (Wildman–Crippen MR) is 104 cm³/mol. The normalized spacial score (nSPS) is 15.0. The van der Waals surface area contributed by atoms with Crippen molar-refractivity contribution in [2.45, 2.75) is 11.8 Å². The van der Waals surface area contributed by atoms with Gasteiger partial charge in [-0.05, 0) is 25.1 Å². The standard InChI is InChI=1S/C21H16N2O2S/c1-15-11-13-17(14-12-15)26(24,25)23-21-18-9-5-6-10-19(18)22-20(21)16-7-3-2-4-8-16/h2-14H,1H3/b23-21+. The van der Waals surface area contributed by atoms with Crippen LogP contribution in [0.4, 0.5) is 5.69 Å². The average molecular weight is 360 g/mol. The van der Waals surface area contributed by atoms with Crippen LogP contribution in [0.1, 0.15) is 16.7 Å². The lowest BCUT2D eigenvalue weighted by molar-refractivity contribution is 0.598. The third kappa shape index (κ3) is 2.97. The largest absolute Gasteiger partial charge is 0.282 e. The minimum absolute atomic E-state index is 0.174. The number of aliphatic imine (C=N–C) groups is 1. The Bertz CT molecular complexity index is 1130. The lowest BCUT2D eigenvalue weighted by Crippen LogP contribution is -2.15. The average Bonchev–Trinajstić information content (AvgIpc) is 3.01. The molecule has 128 valence electrons. The van der Waals surface area contributed by atoms with Crippen LogP contribution in [-0.4, -0.2) is 19.8 Å². The second kappa shape index (κ2) is 6.35. The molecular formula is C21H16N2O2S. The molecule has 0 aliphatic carbocycles. The summed E-state index contributed by atoms with van der Waals surface area (Å²) in [5, 5.41) is 0. The van der Waals surface area contributed by atoms with Gasteiger partial charge in [-0.1, -0.05) is 66.2 Å². The van der Waals surface area contributed by atoms with Crippen molar-refractivity contribution < 1.29 is 8.42 Å². The summed E-state index contributed by atoms with van der Waals surface area (Å²) in [6.45, 7) is 1.91. The zero-order valence-corrected chi connectivity index (χ0v) is 14.9. The van der Waals surface area contributed by atoms with Gasteiger partial charge in [0.05, 0.1) is 16.3 Å². The number of aryl methyl sites for hydroxylation is 1. The zero-order valence-electron chi connectivity index (χ0n) is 14.1. The molecular weight excluding hydrogens is 344 g/mol. The molecule has 0 aromatic heterocycles. The second-order valence-corrected chi connectivity index (χ2v) is 7.68. The molecule has 1 aliphatic rings. The Labute approximate surface area is 152 Å². The number of fused-ring (bicyclic) bond motifs is 1. The van der Waals surface area contributed by atoms with Gasteiger partial charge in [0.25, 0.3) is 10.0 Å². The molecule has 26 heavy (non-hydrogen) atoms. The molecule has 0 radical (unpaired) electrons. The maximum Gasteiger partial charge on any atom is 0.282 e. The molecule has 3 aromatic carbocycles. The molecule has 0 amide bonds. The van der Waals surface area contributed by atoms with E-state index in [0.717, 1.165) is 22.4 Å². The second-order valence-electron chi connectivity index (χ2n) is 6.07. The van der Waals surface area contributed by atoms with Gasteiger partial charge in [-0.3, -0.25) is 0 Å². The van der Waals surface area contributed by atoms with Crippen molar-refractivity contribution in [1.29, 1.82) is 0 Å². The third-order valence-electron chi connectivity index (χ3n) is 4.19. The molecule has 3 aromatic rings. The molecule has 0 fully saturated rings. The molecule has 0 spiro atoms. The lowest BCUT2D eigenvalue weighted by Gasteiger charge is -2.06. The number of benzene rings is 3. The van der Waals surface area contributed by atoms with Crippen LogP contribution in [0.3, 0.4) is 0 Å². The highest BCUT2D eigenvalue weighted by atomic mass is 32.2. The van der Waals surface area contributed by atoms with Gasteiger partial charge < -0.3 is 0 Å². The van der Waals surface area contributed by atoms with Gasteiger partial charge in [-0.15, -0.1) is 0 Å². The molecule has 5 heteroatoms. The van der Waals surface area contributed by atoms with Crippen molar-refractivity contribution in [3.05, 3.63) is 95.6 Å². The van der Waals surface area contributed by atoms with Gasteiger partial charge in [0.1, 0.15) is 5.71 Å². The van der Waals surface area contributed by atoms with Gasteiger partial charge in [0.2, 0.25) is 0 Å². The van der Waals surface area contributed by atoms with E-state index in [9.17, 15) is 8.42 Å². The van der Waals surface area contributed by atoms with Crippen molar-refractivity contribution in [2.75, 3.05) is 0 Å². The summed E-state index contributed by atoms with van der Waals surface area (Å²) in [4.78, 5) is 4.79. The summed E-state index contributed by atoms with van der Waals surface area (Å²) in [6, 6.07) is 23.6. The van der Waals surface area contributed by atoms with Crippen molar-refractivity contribution in [1.82, 2.24) is 0 Å². The molecule has 4 nitrogen and oxygen atoms in total. The Kier molecular flexibility index (Phi) is 4.01. The van der Waals surface area contributed by atoms with E-state index in [0.29, 0.717) is 11.4 Å². The van der Waals surface area contributed by atoms with Crippen molar-refractivity contribution in [3.8, 4) is 0 Å². The summed E-state index contributed by atoms with van der Waals surface area (Å²) in [6.07, 6.45) is 0. The first-order valence-corrected chi connectivity index (χ1v) is 9.64. The van der Waals surface area contributed by atoms with Gasteiger partial charge in [-0.2, -0.15) is 12.8 Å². The summed E-state index contributed by atoms with van der Waals surface area (Å²) >= 11 is 0. The first-order chi connectivity index (χ1) is 12.5. The molecule has 0 unspecified atom stereocenters. The monoisotopic (exact) mass is 360 g/mol. The number of sulfonamides is 1. The lowest BCUT2D eigenvalue weighted by atomic mass is 10.0. The molecule has 0 saturated heterocycles. The van der Waals surface area contributed by atoms with Gasteiger partial charge in [0, 0.05) is 11.1 Å². The SMILES string of the molecule is Cc1ccc(S(=O)(=O)/N=C2/C(c3ccccc3)=Nc3ccccc32)cc1. The fourth-order valence-corrected chi connectivity index (χ4v) is 3.86. The van der Waals surface area contributed by atoms with Crippen molar-refractivity contribution >= 4 is 27.1 Å². The van der Waals surface area contributed by atoms with E-state index in [1.807, 2.05) is 61.5 Å². The maximum atomic E-state index is 12.8. The number of para-hydroxylation sites is 1. The Morgan fingerprint density at radius 2 is 1.46 bits per heavy atom. The molecule has 0 saturated carbocycles. The molecule has 0 N–H and O–H groups in total. The molecule has 0 atom stereocenters. The van der Waals surface area contributed by atoms with E-state index in [-0.39, 0.29) is 4.90 Å². The minimum Gasteiger partial charge on any atom is -0.245 e. The van der Waals surface area contributed by atoms with Crippen LogP contribution in [-0.2, 0) is 10.0 Å². The van der Waals surface area contributed by atoms with Gasteiger partial charge in [0.15, 0.2) is 0 Å². The third-order valence-corrected chi connectivity index (χ3v) is 5.48. The fourth-order valence-electron chi connectivity index (χ4n) is 2.85. The number of hydrogen-bond acceptors (Lipinski definition) is 3. The fraction of sp³-hybridized carbons (Fsp3) is 0.0476. The van der Waals surface area contributed by atoms with E-state index in [1.54, 1.807) is 24.3 Å². The molecule has 0 bridgehead atoms. The maximum absolute atomic E-state index is 12.8. The van der Waals surface area contributed by atoms with Gasteiger partial charge in [-0.25, -0.2) is 4.99 Å².